The van der Waals surface area contributed by atoms with E-state index in [2.05, 4.69) is 12.2 Å². The minimum Gasteiger partial charge on any atom is -0.394 e. The molecule has 1 saturated heterocycles. The average molecular weight is 257 g/mol. The van der Waals surface area contributed by atoms with Gasteiger partial charge in [0.2, 0.25) is 5.91 Å². The minimum absolute atomic E-state index is 0.0112. The van der Waals surface area contributed by atoms with Gasteiger partial charge in [-0.15, -0.1) is 0 Å². The van der Waals surface area contributed by atoms with E-state index in [0.717, 1.165) is 12.8 Å². The lowest BCUT2D eigenvalue weighted by atomic mass is 9.86. The Kier molecular flexibility index (Phi) is 5.17. The van der Waals surface area contributed by atoms with Crippen LogP contribution in [0.5, 0.6) is 0 Å². The highest BCUT2D eigenvalue weighted by molar-refractivity contribution is 5.80. The van der Waals surface area contributed by atoms with Crippen LogP contribution in [0.2, 0.25) is 0 Å². The summed E-state index contributed by atoms with van der Waals surface area (Å²) in [7, 11) is 0. The lowest BCUT2D eigenvalue weighted by Gasteiger charge is -2.33. The van der Waals surface area contributed by atoms with Crippen LogP contribution in [0.15, 0.2) is 0 Å². The van der Waals surface area contributed by atoms with E-state index in [1.54, 1.807) is 0 Å². The van der Waals surface area contributed by atoms with E-state index in [0.29, 0.717) is 0 Å². The number of carbonyl (C=O) groups excluding carboxylic acids is 1. The van der Waals surface area contributed by atoms with E-state index in [9.17, 15) is 9.90 Å². The second kappa shape index (κ2) is 6.02. The summed E-state index contributed by atoms with van der Waals surface area (Å²) in [4.78, 5) is 12.4. The highest BCUT2D eigenvalue weighted by Gasteiger charge is 2.43. The fraction of sp³-hybridized carbons (Fsp3) is 0.929. The molecule has 1 fully saturated rings. The fourth-order valence-electron chi connectivity index (χ4n) is 2.75. The number of amides is 1. The van der Waals surface area contributed by atoms with Crippen LogP contribution in [0.1, 0.15) is 47.5 Å². The number of hydrogen-bond donors (Lipinski definition) is 2. The normalized spacial score (nSPS) is 32.6. The molecule has 18 heavy (non-hydrogen) atoms. The van der Waals surface area contributed by atoms with E-state index in [4.69, 9.17) is 4.74 Å². The molecule has 0 bridgehead atoms. The smallest absolute Gasteiger partial charge is 0.226 e. The van der Waals surface area contributed by atoms with Crippen LogP contribution in [-0.2, 0) is 9.53 Å². The molecule has 106 valence electrons. The van der Waals surface area contributed by atoms with Crippen molar-refractivity contribution in [3.63, 3.8) is 0 Å². The van der Waals surface area contributed by atoms with Crippen molar-refractivity contribution < 1.29 is 14.6 Å². The molecule has 0 aliphatic carbocycles. The van der Waals surface area contributed by atoms with Crippen molar-refractivity contribution in [2.45, 2.75) is 65.2 Å². The molecule has 0 saturated carbocycles. The summed E-state index contributed by atoms with van der Waals surface area (Å²) >= 11 is 0. The predicted molar refractivity (Wildman–Crippen MR) is 71.2 cm³/mol. The van der Waals surface area contributed by atoms with E-state index in [1.165, 1.54) is 0 Å². The molecule has 4 unspecified atom stereocenters. The molecule has 1 amide bonds. The molecule has 1 aliphatic rings. The van der Waals surface area contributed by atoms with Gasteiger partial charge in [0.15, 0.2) is 0 Å². The molecule has 1 rings (SSSR count). The lowest BCUT2D eigenvalue weighted by molar-refractivity contribution is -0.130. The highest BCUT2D eigenvalue weighted by Crippen LogP contribution is 2.33. The molecule has 0 aromatic heterocycles. The van der Waals surface area contributed by atoms with Crippen molar-refractivity contribution >= 4 is 5.91 Å². The SMILES string of the molecule is CCC(CC)(CO)NC(=O)C1C(C)OC(C)C1C. The summed E-state index contributed by atoms with van der Waals surface area (Å²) in [6, 6.07) is 0. The summed E-state index contributed by atoms with van der Waals surface area (Å²) in [6.45, 7) is 9.96. The van der Waals surface area contributed by atoms with Crippen molar-refractivity contribution in [1.82, 2.24) is 5.32 Å². The second-order valence-electron chi connectivity index (χ2n) is 5.57. The standard InChI is InChI=1S/C14H27NO3/c1-6-14(7-2,8-16)15-13(17)12-9(3)10(4)18-11(12)5/h9-12,16H,6-8H2,1-5H3,(H,15,17). The third kappa shape index (κ3) is 2.86. The third-order valence-corrected chi connectivity index (χ3v) is 4.59. The van der Waals surface area contributed by atoms with Gasteiger partial charge in [0.05, 0.1) is 30.3 Å². The van der Waals surface area contributed by atoms with Crippen molar-refractivity contribution in [3.8, 4) is 0 Å². The summed E-state index contributed by atoms with van der Waals surface area (Å²) in [5.74, 6) is 0.103. The van der Waals surface area contributed by atoms with Crippen molar-refractivity contribution in [2.75, 3.05) is 6.61 Å². The number of aliphatic hydroxyl groups excluding tert-OH is 1. The molecule has 0 aromatic carbocycles. The quantitative estimate of drug-likeness (QED) is 0.788. The Labute approximate surface area is 110 Å². The molecule has 1 heterocycles. The zero-order chi connectivity index (χ0) is 13.9. The number of aliphatic hydroxyl groups is 1. The van der Waals surface area contributed by atoms with Gasteiger partial charge in [0.1, 0.15) is 0 Å². The maximum absolute atomic E-state index is 12.4. The van der Waals surface area contributed by atoms with Crippen LogP contribution in [-0.4, -0.2) is 35.4 Å². The fourth-order valence-corrected chi connectivity index (χ4v) is 2.75. The number of rotatable bonds is 5. The Morgan fingerprint density at radius 3 is 2.11 bits per heavy atom. The zero-order valence-corrected chi connectivity index (χ0v) is 12.2. The van der Waals surface area contributed by atoms with E-state index in [1.807, 2.05) is 27.7 Å². The third-order valence-electron chi connectivity index (χ3n) is 4.59. The van der Waals surface area contributed by atoms with Crippen LogP contribution in [0.4, 0.5) is 0 Å². The molecule has 4 nitrogen and oxygen atoms in total. The first-order valence-corrected chi connectivity index (χ1v) is 6.99. The first-order valence-electron chi connectivity index (χ1n) is 6.99. The number of nitrogens with one attached hydrogen (secondary N) is 1. The number of ether oxygens (including phenoxy) is 1. The summed E-state index contributed by atoms with van der Waals surface area (Å²) in [5, 5.41) is 12.5. The van der Waals surface area contributed by atoms with Gasteiger partial charge in [-0.3, -0.25) is 4.79 Å². The Morgan fingerprint density at radius 2 is 1.78 bits per heavy atom. The van der Waals surface area contributed by atoms with Crippen LogP contribution in [0.3, 0.4) is 0 Å². The van der Waals surface area contributed by atoms with Crippen molar-refractivity contribution in [1.29, 1.82) is 0 Å². The molecule has 1 aliphatic heterocycles. The maximum Gasteiger partial charge on any atom is 0.226 e. The first-order chi connectivity index (χ1) is 8.40. The van der Waals surface area contributed by atoms with Crippen LogP contribution in [0.25, 0.3) is 0 Å². The zero-order valence-electron chi connectivity index (χ0n) is 12.2. The Balaban J connectivity index is 2.76. The monoisotopic (exact) mass is 257 g/mol. The van der Waals surface area contributed by atoms with E-state index < -0.39 is 5.54 Å². The Morgan fingerprint density at radius 1 is 1.22 bits per heavy atom. The second-order valence-corrected chi connectivity index (χ2v) is 5.57. The van der Waals surface area contributed by atoms with Crippen LogP contribution in [0, 0.1) is 11.8 Å². The van der Waals surface area contributed by atoms with E-state index in [-0.39, 0.29) is 36.6 Å². The minimum atomic E-state index is -0.484. The summed E-state index contributed by atoms with van der Waals surface area (Å²) < 4.78 is 5.70. The molecular weight excluding hydrogens is 230 g/mol. The van der Waals surface area contributed by atoms with Gasteiger partial charge in [0.25, 0.3) is 0 Å². The molecule has 2 N–H and O–H groups in total. The molecule has 0 radical (unpaired) electrons. The molecular formula is C14H27NO3. The van der Waals surface area contributed by atoms with Gasteiger partial charge in [-0.05, 0) is 32.6 Å². The van der Waals surface area contributed by atoms with Gasteiger partial charge < -0.3 is 15.2 Å². The molecule has 4 atom stereocenters. The summed E-state index contributed by atoms with van der Waals surface area (Å²) in [6.07, 6.45) is 1.53. The van der Waals surface area contributed by atoms with Crippen molar-refractivity contribution in [3.05, 3.63) is 0 Å². The van der Waals surface area contributed by atoms with Crippen molar-refractivity contribution in [2.24, 2.45) is 11.8 Å². The predicted octanol–water partition coefficient (Wildman–Crippen LogP) is 1.71. The van der Waals surface area contributed by atoms with Gasteiger partial charge in [-0.25, -0.2) is 0 Å². The topological polar surface area (TPSA) is 58.6 Å². The number of hydrogen-bond acceptors (Lipinski definition) is 3. The Hall–Kier alpha value is -0.610. The summed E-state index contributed by atoms with van der Waals surface area (Å²) in [5.41, 5.74) is -0.484. The lowest BCUT2D eigenvalue weighted by Crippen LogP contribution is -2.53. The van der Waals surface area contributed by atoms with Gasteiger partial charge >= 0.3 is 0 Å². The first kappa shape index (κ1) is 15.4. The highest BCUT2D eigenvalue weighted by atomic mass is 16.5. The van der Waals surface area contributed by atoms with Gasteiger partial charge in [-0.2, -0.15) is 0 Å². The van der Waals surface area contributed by atoms with Gasteiger partial charge in [0, 0.05) is 0 Å². The maximum atomic E-state index is 12.4. The van der Waals surface area contributed by atoms with Crippen LogP contribution < -0.4 is 5.32 Å². The molecule has 0 aromatic rings. The molecule has 0 spiro atoms. The Bertz CT molecular complexity index is 280. The molecule has 4 heteroatoms. The largest absolute Gasteiger partial charge is 0.394 e. The average Bonchev–Trinajstić information content (AvgIpc) is 2.60. The van der Waals surface area contributed by atoms with Gasteiger partial charge in [-0.1, -0.05) is 20.8 Å². The van der Waals surface area contributed by atoms with Crippen LogP contribution >= 0.6 is 0 Å². The van der Waals surface area contributed by atoms with E-state index >= 15 is 0 Å². The number of carbonyl (C=O) groups is 1.